The molecule has 19 heteroatoms. The summed E-state index contributed by atoms with van der Waals surface area (Å²) in [6.07, 6.45) is -6.34. The lowest BCUT2D eigenvalue weighted by atomic mass is 9.81. The van der Waals surface area contributed by atoms with E-state index in [1.807, 2.05) is 30.3 Å². The fourth-order valence-electron chi connectivity index (χ4n) is 6.66. The van der Waals surface area contributed by atoms with E-state index >= 15 is 0 Å². The van der Waals surface area contributed by atoms with Gasteiger partial charge in [0, 0.05) is 43.8 Å². The van der Waals surface area contributed by atoms with E-state index < -0.39 is 72.7 Å². The van der Waals surface area contributed by atoms with E-state index in [1.165, 1.54) is 13.2 Å². The van der Waals surface area contributed by atoms with E-state index in [2.05, 4.69) is 15.6 Å². The smallest absolute Gasteiger partial charge is 0.342 e. The number of nitrogens with two attached hydrogens (primary N) is 1. The van der Waals surface area contributed by atoms with Crippen LogP contribution in [0.2, 0.25) is 0 Å². The third kappa shape index (κ3) is 9.68. The zero-order chi connectivity index (χ0) is 42.0. The minimum atomic E-state index is -1.95. The number of esters is 1. The van der Waals surface area contributed by atoms with E-state index in [9.17, 15) is 40.2 Å². The number of aliphatic hydroxyl groups excluding tert-OH is 4. The van der Waals surface area contributed by atoms with Crippen LogP contribution in [0.3, 0.4) is 0 Å². The number of carboxylic acids is 1. The molecule has 5 rings (SSSR count). The SMILES string of the molecule is CCNc1cc(O[C@H]2O[C@@]3(CCc4c(OC)c(O)c(OCCc5ccccc5)c(O)c4C(=O)OC3)[C@@H](O)[C@H](O)[C@H]2O)c(OCN=C(N)NCCCCO)cc1C(=O)O. The van der Waals surface area contributed by atoms with Crippen LogP contribution in [0.25, 0.3) is 0 Å². The molecule has 0 saturated carbocycles. The van der Waals surface area contributed by atoms with Crippen LogP contribution in [0.4, 0.5) is 5.69 Å². The molecule has 316 valence electrons. The Morgan fingerprint density at radius 3 is 2.48 bits per heavy atom. The standard InChI is InChI=1S/C39H50N4O15/c1-3-41-24-18-26(25(17-23(24)35(50)51)56-20-43-38(40)42-14-7-8-15-44)57-37-30(47)29(46)34(49)39(58-37)13-11-22-27(36(52)55-19-39)28(45)33(31(48)32(22)53-2)54-16-12-21-9-5-4-6-10-21/h4-6,9-10,17-18,29-30,34,37,41,44-49H,3,7-8,11-16,19-20H2,1-2H3,(H,50,51)(H3,40,42,43)/t29-,30-,34+,37+,39-/m1/s1. The summed E-state index contributed by atoms with van der Waals surface area (Å²) in [6.45, 7) is 1.40. The van der Waals surface area contributed by atoms with Gasteiger partial charge < -0.3 is 80.5 Å². The maximum atomic E-state index is 13.7. The Hall–Kier alpha value is -5.73. The first-order chi connectivity index (χ1) is 27.8. The summed E-state index contributed by atoms with van der Waals surface area (Å²) in [6, 6.07) is 11.8. The number of aliphatic hydroxyl groups is 4. The van der Waals surface area contributed by atoms with Crippen molar-refractivity contribution in [2.45, 2.75) is 69.2 Å². The molecule has 58 heavy (non-hydrogen) atoms. The van der Waals surface area contributed by atoms with Crippen LogP contribution in [0.15, 0.2) is 47.5 Å². The molecule has 1 fully saturated rings. The molecule has 11 N–H and O–H groups in total. The number of nitrogens with one attached hydrogen (secondary N) is 2. The average Bonchev–Trinajstić information content (AvgIpc) is 3.20. The number of carbonyl (C=O) groups is 2. The predicted octanol–water partition coefficient (Wildman–Crippen LogP) is 1.23. The number of fused-ring (bicyclic) bond motifs is 1. The number of carboxylic acid groups (broad SMARTS) is 1. The van der Waals surface area contributed by atoms with Crippen molar-refractivity contribution in [1.29, 1.82) is 0 Å². The molecule has 1 spiro atoms. The number of aromatic hydroxyl groups is 2. The van der Waals surface area contributed by atoms with Crippen molar-refractivity contribution in [3.05, 3.63) is 64.7 Å². The maximum absolute atomic E-state index is 13.7. The minimum Gasteiger partial charge on any atom is -0.504 e. The molecule has 0 radical (unpaired) electrons. The number of rotatable bonds is 17. The van der Waals surface area contributed by atoms with Crippen molar-refractivity contribution in [2.24, 2.45) is 10.7 Å². The number of phenols is 2. The predicted molar refractivity (Wildman–Crippen MR) is 206 cm³/mol. The number of cyclic esters (lactones) is 1. The first-order valence-corrected chi connectivity index (χ1v) is 18.7. The largest absolute Gasteiger partial charge is 0.504 e. The number of aromatic carboxylic acids is 1. The van der Waals surface area contributed by atoms with Crippen molar-refractivity contribution < 1.29 is 73.8 Å². The fraction of sp³-hybridized carbons (Fsp3) is 0.462. The summed E-state index contributed by atoms with van der Waals surface area (Å²) >= 11 is 0. The number of guanidine groups is 1. The molecular weight excluding hydrogens is 764 g/mol. The van der Waals surface area contributed by atoms with E-state index in [4.69, 9.17) is 39.3 Å². The van der Waals surface area contributed by atoms with Crippen LogP contribution < -0.4 is 35.3 Å². The van der Waals surface area contributed by atoms with Gasteiger partial charge in [-0.25, -0.2) is 14.6 Å². The fourth-order valence-corrected chi connectivity index (χ4v) is 6.66. The maximum Gasteiger partial charge on any atom is 0.342 e. The molecule has 0 aliphatic carbocycles. The number of hydrogen-bond donors (Lipinski definition) is 10. The first kappa shape index (κ1) is 43.4. The molecule has 0 unspecified atom stereocenters. The van der Waals surface area contributed by atoms with Gasteiger partial charge >= 0.3 is 11.9 Å². The highest BCUT2D eigenvalue weighted by Crippen LogP contribution is 2.51. The number of phenolic OH excluding ortho intramolecular Hbond substituents is 2. The van der Waals surface area contributed by atoms with Gasteiger partial charge in [0.15, 0.2) is 35.7 Å². The van der Waals surface area contributed by atoms with Gasteiger partial charge in [0.2, 0.25) is 17.8 Å². The van der Waals surface area contributed by atoms with Gasteiger partial charge in [-0.2, -0.15) is 0 Å². The van der Waals surface area contributed by atoms with Crippen molar-refractivity contribution in [3.8, 4) is 34.5 Å². The highest BCUT2D eigenvalue weighted by Gasteiger charge is 2.56. The number of nitrogens with zero attached hydrogens (tertiary/aromatic N) is 1. The number of methoxy groups -OCH3 is 1. The summed E-state index contributed by atoms with van der Waals surface area (Å²) in [5, 5.41) is 80.8. The van der Waals surface area contributed by atoms with Crippen molar-refractivity contribution in [1.82, 2.24) is 5.32 Å². The molecule has 1 saturated heterocycles. The third-order valence-corrected chi connectivity index (χ3v) is 9.70. The van der Waals surface area contributed by atoms with Crippen LogP contribution in [0.1, 0.15) is 58.0 Å². The number of ether oxygens (including phenoxy) is 6. The molecular formula is C39H50N4O15. The van der Waals surface area contributed by atoms with Gasteiger partial charge in [-0.05, 0) is 38.2 Å². The van der Waals surface area contributed by atoms with E-state index in [0.29, 0.717) is 32.4 Å². The first-order valence-electron chi connectivity index (χ1n) is 18.7. The number of carbonyl (C=O) groups excluding carboxylic acids is 1. The number of benzene rings is 3. The van der Waals surface area contributed by atoms with E-state index in [0.717, 1.165) is 11.6 Å². The molecule has 3 aromatic carbocycles. The Kier molecular flexibility index (Phi) is 14.7. The van der Waals surface area contributed by atoms with Gasteiger partial charge in [-0.15, -0.1) is 0 Å². The Morgan fingerprint density at radius 2 is 1.79 bits per heavy atom. The summed E-state index contributed by atoms with van der Waals surface area (Å²) < 4.78 is 34.8. The molecule has 2 heterocycles. The minimum absolute atomic E-state index is 0.0104. The Morgan fingerprint density at radius 1 is 1.03 bits per heavy atom. The molecule has 0 amide bonds. The van der Waals surface area contributed by atoms with Crippen LogP contribution in [0.5, 0.6) is 34.5 Å². The summed E-state index contributed by atoms with van der Waals surface area (Å²) in [4.78, 5) is 29.9. The molecule has 3 aromatic rings. The zero-order valence-corrected chi connectivity index (χ0v) is 32.1. The van der Waals surface area contributed by atoms with Crippen molar-refractivity contribution >= 4 is 23.6 Å². The van der Waals surface area contributed by atoms with Crippen molar-refractivity contribution in [3.63, 3.8) is 0 Å². The number of hydrogen-bond acceptors (Lipinski definition) is 16. The second kappa shape index (κ2) is 19.6. The molecule has 5 atom stereocenters. The molecule has 2 aliphatic heterocycles. The lowest BCUT2D eigenvalue weighted by Gasteiger charge is -2.48. The van der Waals surface area contributed by atoms with Gasteiger partial charge in [0.25, 0.3) is 0 Å². The second-order valence-corrected chi connectivity index (χ2v) is 13.5. The van der Waals surface area contributed by atoms with Gasteiger partial charge in [-0.3, -0.25) is 0 Å². The number of aliphatic imine (C=N–C) groups is 1. The van der Waals surface area contributed by atoms with Crippen LogP contribution in [0, 0.1) is 0 Å². The quantitative estimate of drug-likeness (QED) is 0.0397. The van der Waals surface area contributed by atoms with Crippen LogP contribution in [-0.2, 0) is 22.3 Å². The average molecular weight is 815 g/mol. The highest BCUT2D eigenvalue weighted by molar-refractivity contribution is 5.97. The van der Waals surface area contributed by atoms with Gasteiger partial charge in [-0.1, -0.05) is 30.3 Å². The molecule has 0 bridgehead atoms. The lowest BCUT2D eigenvalue weighted by molar-refractivity contribution is -0.320. The monoisotopic (exact) mass is 814 g/mol. The Bertz CT molecular complexity index is 1930. The van der Waals surface area contributed by atoms with Crippen molar-refractivity contribution in [2.75, 3.05) is 52.1 Å². The summed E-state index contributed by atoms with van der Waals surface area (Å²) in [5.74, 6) is -4.61. The van der Waals surface area contributed by atoms with E-state index in [1.54, 1.807) is 6.92 Å². The van der Waals surface area contributed by atoms with Gasteiger partial charge in [0.1, 0.15) is 36.1 Å². The Labute approximate surface area is 333 Å². The molecule has 19 nitrogen and oxygen atoms in total. The summed E-state index contributed by atoms with van der Waals surface area (Å²) in [5.41, 5.74) is 4.43. The topological polar surface area (TPSA) is 294 Å². The van der Waals surface area contributed by atoms with Crippen LogP contribution in [-0.4, -0.2) is 131 Å². The second-order valence-electron chi connectivity index (χ2n) is 13.5. The molecule has 0 aromatic heterocycles. The summed E-state index contributed by atoms with van der Waals surface area (Å²) in [7, 11) is 1.24. The number of anilines is 1. The Balaban J connectivity index is 1.43. The number of unbranched alkanes of at least 4 members (excludes halogenated alkanes) is 1. The van der Waals surface area contributed by atoms with E-state index in [-0.39, 0.29) is 71.6 Å². The van der Waals surface area contributed by atoms with Crippen LogP contribution >= 0.6 is 0 Å². The lowest BCUT2D eigenvalue weighted by Crippen LogP contribution is -2.67. The molecule has 2 aliphatic rings. The zero-order valence-electron chi connectivity index (χ0n) is 32.1. The van der Waals surface area contributed by atoms with Gasteiger partial charge in [0.05, 0.1) is 25.0 Å². The normalized spacial score (nSPS) is 21.9. The highest BCUT2D eigenvalue weighted by atomic mass is 16.7. The third-order valence-electron chi connectivity index (χ3n) is 9.70.